The number of alkyl halides is 3. The van der Waals surface area contributed by atoms with Crippen molar-refractivity contribution in [3.8, 4) is 0 Å². The molecular formula is C20H21F3N4O. The summed E-state index contributed by atoms with van der Waals surface area (Å²) in [5.41, 5.74) is 2.66. The fourth-order valence-electron chi connectivity index (χ4n) is 3.68. The molecule has 0 unspecified atom stereocenters. The summed E-state index contributed by atoms with van der Waals surface area (Å²) in [5.74, 6) is 0.848. The maximum Gasteiger partial charge on any atom is 0.416 e. The maximum absolute atomic E-state index is 13.0. The second-order valence-electron chi connectivity index (χ2n) is 7.13. The summed E-state index contributed by atoms with van der Waals surface area (Å²) in [7, 11) is 0. The number of halogens is 3. The third kappa shape index (κ3) is 3.56. The Morgan fingerprint density at radius 2 is 1.82 bits per heavy atom. The van der Waals surface area contributed by atoms with E-state index >= 15 is 0 Å². The Balaban J connectivity index is 1.51. The van der Waals surface area contributed by atoms with Crippen LogP contribution in [0.15, 0.2) is 35.0 Å². The van der Waals surface area contributed by atoms with Gasteiger partial charge in [0.05, 0.1) is 16.8 Å². The van der Waals surface area contributed by atoms with Crippen LogP contribution in [-0.4, -0.2) is 41.2 Å². The number of hydrogen-bond donors (Lipinski definition) is 0. The monoisotopic (exact) mass is 390 g/mol. The first kappa shape index (κ1) is 18.7. The van der Waals surface area contributed by atoms with Gasteiger partial charge < -0.3 is 9.42 Å². The summed E-state index contributed by atoms with van der Waals surface area (Å²) >= 11 is 0. The van der Waals surface area contributed by atoms with E-state index in [0.29, 0.717) is 5.52 Å². The average Bonchev–Trinajstić information content (AvgIpc) is 2.99. The zero-order chi connectivity index (χ0) is 19.9. The van der Waals surface area contributed by atoms with Gasteiger partial charge in [-0.1, -0.05) is 11.2 Å². The lowest BCUT2D eigenvalue weighted by molar-refractivity contribution is -0.137. The van der Waals surface area contributed by atoms with Gasteiger partial charge >= 0.3 is 6.18 Å². The van der Waals surface area contributed by atoms with E-state index in [4.69, 9.17) is 4.52 Å². The van der Waals surface area contributed by atoms with Crippen molar-refractivity contribution in [3.05, 3.63) is 53.0 Å². The molecule has 0 atom stereocenters. The Hall–Kier alpha value is -2.61. The SMILES string of the molecule is Cc1noc(C)c1CN1CCN(c2ccnc3cc(C(F)(F)F)ccc23)CC1. The second kappa shape index (κ2) is 7.09. The molecule has 0 N–H and O–H groups in total. The van der Waals surface area contributed by atoms with Gasteiger partial charge in [-0.05, 0) is 32.0 Å². The van der Waals surface area contributed by atoms with Crippen LogP contribution in [0.2, 0.25) is 0 Å². The fraction of sp³-hybridized carbons (Fsp3) is 0.400. The summed E-state index contributed by atoms with van der Waals surface area (Å²) in [6.45, 7) is 7.96. The van der Waals surface area contributed by atoms with Crippen molar-refractivity contribution in [1.29, 1.82) is 0 Å². The lowest BCUT2D eigenvalue weighted by Gasteiger charge is -2.36. The maximum atomic E-state index is 13.0. The summed E-state index contributed by atoms with van der Waals surface area (Å²) in [5, 5.41) is 4.75. The molecule has 28 heavy (non-hydrogen) atoms. The van der Waals surface area contributed by atoms with Crippen molar-refractivity contribution in [3.63, 3.8) is 0 Å². The highest BCUT2D eigenvalue weighted by molar-refractivity contribution is 5.92. The number of aryl methyl sites for hydroxylation is 2. The Kier molecular flexibility index (Phi) is 4.74. The minimum atomic E-state index is -4.37. The lowest BCUT2D eigenvalue weighted by atomic mass is 10.1. The van der Waals surface area contributed by atoms with E-state index in [1.807, 2.05) is 19.9 Å². The number of anilines is 1. The normalized spacial score (nSPS) is 16.1. The Morgan fingerprint density at radius 1 is 1.07 bits per heavy atom. The molecule has 2 aromatic heterocycles. The molecule has 0 amide bonds. The first-order valence-corrected chi connectivity index (χ1v) is 9.18. The summed E-state index contributed by atoms with van der Waals surface area (Å²) in [6.07, 6.45) is -2.79. The van der Waals surface area contributed by atoms with E-state index in [1.165, 1.54) is 6.07 Å². The summed E-state index contributed by atoms with van der Waals surface area (Å²) in [4.78, 5) is 8.69. The number of fused-ring (bicyclic) bond motifs is 1. The van der Waals surface area contributed by atoms with Crippen LogP contribution in [0, 0.1) is 13.8 Å². The molecule has 1 aliphatic heterocycles. The standard InChI is InChI=1S/C20H21F3N4O/c1-13-17(14(2)28-25-13)12-26-7-9-27(10-8-26)19-5-6-24-18-11-15(20(21,22)23)3-4-16(18)19/h3-6,11H,7-10,12H2,1-2H3. The van der Waals surface area contributed by atoms with E-state index < -0.39 is 11.7 Å². The molecule has 0 aliphatic carbocycles. The number of hydrogen-bond acceptors (Lipinski definition) is 5. The van der Waals surface area contributed by atoms with Crippen LogP contribution in [0.5, 0.6) is 0 Å². The van der Waals surface area contributed by atoms with Gasteiger partial charge in [0.25, 0.3) is 0 Å². The van der Waals surface area contributed by atoms with E-state index in [2.05, 4.69) is 19.9 Å². The highest BCUT2D eigenvalue weighted by Gasteiger charge is 2.31. The van der Waals surface area contributed by atoms with Gasteiger partial charge in [-0.3, -0.25) is 9.88 Å². The average molecular weight is 390 g/mol. The molecule has 0 spiro atoms. The van der Waals surface area contributed by atoms with Crippen molar-refractivity contribution in [1.82, 2.24) is 15.0 Å². The number of rotatable bonds is 3. The molecule has 1 aromatic carbocycles. The number of benzene rings is 1. The van der Waals surface area contributed by atoms with Crippen molar-refractivity contribution in [2.24, 2.45) is 0 Å². The Bertz CT molecular complexity index is 971. The number of nitrogens with zero attached hydrogens (tertiary/aromatic N) is 4. The molecule has 1 saturated heterocycles. The molecule has 3 heterocycles. The van der Waals surface area contributed by atoms with Crippen molar-refractivity contribution < 1.29 is 17.7 Å². The molecule has 1 fully saturated rings. The van der Waals surface area contributed by atoms with E-state index in [-0.39, 0.29) is 0 Å². The van der Waals surface area contributed by atoms with Gasteiger partial charge in [0.2, 0.25) is 0 Å². The molecular weight excluding hydrogens is 369 g/mol. The number of piperazine rings is 1. The first-order valence-electron chi connectivity index (χ1n) is 9.18. The van der Waals surface area contributed by atoms with Crippen molar-refractivity contribution >= 4 is 16.6 Å². The minimum Gasteiger partial charge on any atom is -0.368 e. The predicted octanol–water partition coefficient (Wildman–Crippen LogP) is 4.18. The van der Waals surface area contributed by atoms with E-state index in [1.54, 1.807) is 6.20 Å². The molecule has 4 rings (SSSR count). The lowest BCUT2D eigenvalue weighted by Crippen LogP contribution is -2.46. The molecule has 148 valence electrons. The second-order valence-corrected chi connectivity index (χ2v) is 7.13. The quantitative estimate of drug-likeness (QED) is 0.671. The fourth-order valence-corrected chi connectivity index (χ4v) is 3.68. The van der Waals surface area contributed by atoms with Gasteiger partial charge in [-0.2, -0.15) is 13.2 Å². The van der Waals surface area contributed by atoms with Crippen molar-refractivity contribution in [2.45, 2.75) is 26.6 Å². The molecule has 1 aliphatic rings. The van der Waals surface area contributed by atoms with Gasteiger partial charge in [0.1, 0.15) is 5.76 Å². The molecule has 0 bridgehead atoms. The van der Waals surface area contributed by atoms with E-state index in [9.17, 15) is 13.2 Å². The van der Waals surface area contributed by atoms with Crippen LogP contribution < -0.4 is 4.90 Å². The van der Waals surface area contributed by atoms with Crippen LogP contribution in [0.25, 0.3) is 10.9 Å². The van der Waals surface area contributed by atoms with E-state index in [0.717, 1.165) is 72.9 Å². The molecule has 3 aromatic rings. The molecule has 8 heteroatoms. The number of pyridine rings is 1. The minimum absolute atomic E-state index is 0.366. The highest BCUT2D eigenvalue weighted by Crippen LogP contribution is 2.33. The largest absolute Gasteiger partial charge is 0.416 e. The smallest absolute Gasteiger partial charge is 0.368 e. The third-order valence-electron chi connectivity index (χ3n) is 5.32. The summed E-state index contributed by atoms with van der Waals surface area (Å²) < 4.78 is 44.1. The van der Waals surface area contributed by atoms with Gasteiger partial charge in [0.15, 0.2) is 0 Å². The van der Waals surface area contributed by atoms with Crippen LogP contribution >= 0.6 is 0 Å². The van der Waals surface area contributed by atoms with Gasteiger partial charge in [-0.25, -0.2) is 0 Å². The van der Waals surface area contributed by atoms with Crippen LogP contribution in [0.3, 0.4) is 0 Å². The summed E-state index contributed by atoms with van der Waals surface area (Å²) in [6, 6.07) is 5.64. The zero-order valence-electron chi connectivity index (χ0n) is 15.8. The third-order valence-corrected chi connectivity index (χ3v) is 5.32. The van der Waals surface area contributed by atoms with Crippen LogP contribution in [-0.2, 0) is 12.7 Å². The molecule has 0 radical (unpaired) electrons. The first-order chi connectivity index (χ1) is 13.3. The Morgan fingerprint density at radius 3 is 2.46 bits per heavy atom. The highest BCUT2D eigenvalue weighted by atomic mass is 19.4. The van der Waals surface area contributed by atoms with Crippen molar-refractivity contribution in [2.75, 3.05) is 31.1 Å². The number of aromatic nitrogens is 2. The predicted molar refractivity (Wildman–Crippen MR) is 100 cm³/mol. The van der Waals surface area contributed by atoms with Crippen LogP contribution in [0.1, 0.15) is 22.6 Å². The van der Waals surface area contributed by atoms with Crippen LogP contribution in [0.4, 0.5) is 18.9 Å². The zero-order valence-corrected chi connectivity index (χ0v) is 15.8. The Labute approximate surface area is 160 Å². The molecule has 0 saturated carbocycles. The van der Waals surface area contributed by atoms with Gasteiger partial charge in [0, 0.05) is 55.6 Å². The topological polar surface area (TPSA) is 45.4 Å². The van der Waals surface area contributed by atoms with Gasteiger partial charge in [-0.15, -0.1) is 0 Å². The molecule has 5 nitrogen and oxygen atoms in total.